The molecule has 1 amide bonds. The van der Waals surface area contributed by atoms with Crippen LogP contribution in [0.4, 0.5) is 0 Å². The third kappa shape index (κ3) is 3.71. The molecule has 4 atom stereocenters. The zero-order chi connectivity index (χ0) is 13.0. The van der Waals surface area contributed by atoms with E-state index in [0.29, 0.717) is 24.3 Å². The zero-order valence-electron chi connectivity index (χ0n) is 11.9. The van der Waals surface area contributed by atoms with E-state index in [-0.39, 0.29) is 5.91 Å². The average molecular weight is 252 g/mol. The van der Waals surface area contributed by atoms with Crippen molar-refractivity contribution in [2.75, 3.05) is 13.1 Å². The fraction of sp³-hybridized carbons (Fsp3) is 0.933. The third-order valence-electron chi connectivity index (χ3n) is 4.99. The van der Waals surface area contributed by atoms with E-state index in [2.05, 4.69) is 24.5 Å². The van der Waals surface area contributed by atoms with Gasteiger partial charge in [0.15, 0.2) is 0 Å². The minimum absolute atomic E-state index is 0.270. The highest BCUT2D eigenvalue weighted by Crippen LogP contribution is 2.31. The molecule has 3 nitrogen and oxygen atoms in total. The average Bonchev–Trinajstić information content (AvgIpc) is 2.70. The maximum absolute atomic E-state index is 12.0. The summed E-state index contributed by atoms with van der Waals surface area (Å²) in [5, 5.41) is 6.65. The predicted molar refractivity (Wildman–Crippen MR) is 74.3 cm³/mol. The van der Waals surface area contributed by atoms with Crippen LogP contribution in [0, 0.1) is 17.8 Å². The molecule has 0 aromatic heterocycles. The van der Waals surface area contributed by atoms with Crippen molar-refractivity contribution in [2.45, 2.75) is 58.4 Å². The highest BCUT2D eigenvalue weighted by molar-refractivity contribution is 5.76. The van der Waals surface area contributed by atoms with Crippen molar-refractivity contribution in [1.82, 2.24) is 10.6 Å². The number of carbonyl (C=O) groups excluding carboxylic acids is 1. The Kier molecular flexibility index (Phi) is 5.04. The Morgan fingerprint density at radius 2 is 2.11 bits per heavy atom. The summed E-state index contributed by atoms with van der Waals surface area (Å²) in [6, 6.07) is 0.428. The van der Waals surface area contributed by atoms with Gasteiger partial charge in [0.2, 0.25) is 5.91 Å². The maximum Gasteiger partial charge on any atom is 0.220 e. The normalized spacial score (nSPS) is 36.6. The maximum atomic E-state index is 12.0. The van der Waals surface area contributed by atoms with E-state index in [1.807, 2.05) is 0 Å². The molecule has 1 aliphatic heterocycles. The molecule has 18 heavy (non-hydrogen) atoms. The summed E-state index contributed by atoms with van der Waals surface area (Å²) in [7, 11) is 0. The third-order valence-corrected chi connectivity index (χ3v) is 4.99. The summed E-state index contributed by atoms with van der Waals surface area (Å²) in [4.78, 5) is 12.0. The highest BCUT2D eigenvalue weighted by atomic mass is 16.1. The Morgan fingerprint density at radius 1 is 1.28 bits per heavy atom. The van der Waals surface area contributed by atoms with E-state index in [1.54, 1.807) is 0 Å². The van der Waals surface area contributed by atoms with Crippen LogP contribution in [0.2, 0.25) is 0 Å². The van der Waals surface area contributed by atoms with Gasteiger partial charge in [0.1, 0.15) is 0 Å². The van der Waals surface area contributed by atoms with Crippen molar-refractivity contribution >= 4 is 5.91 Å². The molecule has 104 valence electrons. The summed E-state index contributed by atoms with van der Waals surface area (Å²) in [6.45, 7) is 6.82. The molecule has 1 saturated heterocycles. The van der Waals surface area contributed by atoms with Crippen molar-refractivity contribution in [3.05, 3.63) is 0 Å². The predicted octanol–water partition coefficient (Wildman–Crippen LogP) is 2.32. The first kappa shape index (κ1) is 13.9. The first-order chi connectivity index (χ1) is 8.66. The van der Waals surface area contributed by atoms with Crippen LogP contribution in [0.1, 0.15) is 52.4 Å². The first-order valence-corrected chi connectivity index (χ1v) is 7.67. The van der Waals surface area contributed by atoms with Crippen LogP contribution in [0.3, 0.4) is 0 Å². The van der Waals surface area contributed by atoms with Gasteiger partial charge in [-0.1, -0.05) is 13.8 Å². The SMILES string of the molecule is CC1CCC(NC(=O)CCC2CCCNC2)C1C. The number of carbonyl (C=O) groups is 1. The number of piperidine rings is 1. The molecule has 2 N–H and O–H groups in total. The van der Waals surface area contributed by atoms with Crippen LogP contribution in [0.15, 0.2) is 0 Å². The molecule has 4 unspecified atom stereocenters. The summed E-state index contributed by atoms with van der Waals surface area (Å²) in [5.41, 5.74) is 0. The quantitative estimate of drug-likeness (QED) is 0.806. The van der Waals surface area contributed by atoms with Crippen LogP contribution in [0.25, 0.3) is 0 Å². The molecule has 2 rings (SSSR count). The fourth-order valence-corrected chi connectivity index (χ4v) is 3.35. The smallest absolute Gasteiger partial charge is 0.220 e. The Bertz CT molecular complexity index is 274. The van der Waals surface area contributed by atoms with Crippen molar-refractivity contribution in [3.8, 4) is 0 Å². The number of hydrogen-bond donors (Lipinski definition) is 2. The minimum Gasteiger partial charge on any atom is -0.353 e. The molecule has 0 bridgehead atoms. The molecule has 0 aromatic rings. The van der Waals surface area contributed by atoms with Gasteiger partial charge in [-0.15, -0.1) is 0 Å². The van der Waals surface area contributed by atoms with Gasteiger partial charge in [0.25, 0.3) is 0 Å². The summed E-state index contributed by atoms with van der Waals surface area (Å²) in [6.07, 6.45) is 6.75. The van der Waals surface area contributed by atoms with Gasteiger partial charge in [-0.2, -0.15) is 0 Å². The van der Waals surface area contributed by atoms with E-state index in [9.17, 15) is 4.79 Å². The molecule has 0 spiro atoms. The minimum atomic E-state index is 0.270. The lowest BCUT2D eigenvalue weighted by Gasteiger charge is -2.23. The molecule has 0 radical (unpaired) electrons. The molecule has 0 aromatic carbocycles. The summed E-state index contributed by atoms with van der Waals surface area (Å²) >= 11 is 0. The number of amides is 1. The van der Waals surface area contributed by atoms with Crippen LogP contribution in [-0.4, -0.2) is 25.0 Å². The first-order valence-electron chi connectivity index (χ1n) is 7.67. The Labute approximate surface area is 111 Å². The van der Waals surface area contributed by atoms with E-state index in [0.717, 1.165) is 25.4 Å². The second kappa shape index (κ2) is 6.55. The monoisotopic (exact) mass is 252 g/mol. The second-order valence-electron chi connectivity index (χ2n) is 6.34. The van der Waals surface area contributed by atoms with Crippen molar-refractivity contribution < 1.29 is 4.79 Å². The standard InChI is InChI=1S/C15H28N2O/c1-11-5-7-14(12(11)2)17-15(18)8-6-13-4-3-9-16-10-13/h11-14,16H,3-10H2,1-2H3,(H,17,18). The lowest BCUT2D eigenvalue weighted by atomic mass is 9.94. The Balaban J connectivity index is 1.65. The molecular weight excluding hydrogens is 224 g/mol. The van der Waals surface area contributed by atoms with Crippen LogP contribution in [0.5, 0.6) is 0 Å². The number of rotatable bonds is 4. The summed E-state index contributed by atoms with van der Waals surface area (Å²) in [5.74, 6) is 2.39. The Morgan fingerprint density at radius 3 is 2.72 bits per heavy atom. The van der Waals surface area contributed by atoms with Crippen molar-refractivity contribution in [3.63, 3.8) is 0 Å². The summed E-state index contributed by atoms with van der Waals surface area (Å²) < 4.78 is 0. The fourth-order valence-electron chi connectivity index (χ4n) is 3.35. The van der Waals surface area contributed by atoms with Crippen LogP contribution in [-0.2, 0) is 4.79 Å². The molecule has 1 aliphatic carbocycles. The van der Waals surface area contributed by atoms with Gasteiger partial charge < -0.3 is 10.6 Å². The molecule has 3 heteroatoms. The van der Waals surface area contributed by atoms with Gasteiger partial charge in [-0.05, 0) is 62.9 Å². The van der Waals surface area contributed by atoms with Gasteiger partial charge in [-0.25, -0.2) is 0 Å². The topological polar surface area (TPSA) is 41.1 Å². The lowest BCUT2D eigenvalue weighted by Crippen LogP contribution is -2.38. The van der Waals surface area contributed by atoms with Crippen molar-refractivity contribution in [2.24, 2.45) is 17.8 Å². The van der Waals surface area contributed by atoms with E-state index in [4.69, 9.17) is 0 Å². The van der Waals surface area contributed by atoms with Gasteiger partial charge in [-0.3, -0.25) is 4.79 Å². The number of nitrogens with one attached hydrogen (secondary N) is 2. The van der Waals surface area contributed by atoms with Crippen LogP contribution < -0.4 is 10.6 Å². The molecule has 1 heterocycles. The van der Waals surface area contributed by atoms with Gasteiger partial charge in [0, 0.05) is 12.5 Å². The lowest BCUT2D eigenvalue weighted by molar-refractivity contribution is -0.122. The van der Waals surface area contributed by atoms with Gasteiger partial charge in [0.05, 0.1) is 0 Å². The van der Waals surface area contributed by atoms with Crippen molar-refractivity contribution in [1.29, 1.82) is 0 Å². The molecule has 2 aliphatic rings. The van der Waals surface area contributed by atoms with E-state index >= 15 is 0 Å². The van der Waals surface area contributed by atoms with Gasteiger partial charge >= 0.3 is 0 Å². The second-order valence-corrected chi connectivity index (χ2v) is 6.34. The largest absolute Gasteiger partial charge is 0.353 e. The molecule has 2 fully saturated rings. The molecule has 1 saturated carbocycles. The Hall–Kier alpha value is -0.570. The zero-order valence-corrected chi connectivity index (χ0v) is 11.9. The molecular formula is C15H28N2O. The number of hydrogen-bond acceptors (Lipinski definition) is 2. The van der Waals surface area contributed by atoms with E-state index < -0.39 is 0 Å². The van der Waals surface area contributed by atoms with Crippen LogP contribution >= 0.6 is 0 Å². The highest BCUT2D eigenvalue weighted by Gasteiger charge is 2.30. The van der Waals surface area contributed by atoms with E-state index in [1.165, 1.54) is 25.7 Å².